The number of Topliss-reactive ketones (excluding diaryl/α,β-unsaturated/α-hetero) is 1. The molecule has 0 fully saturated rings. The number of halogens is 2. The maximum Gasteiger partial charge on any atom is 0.132 e. The van der Waals surface area contributed by atoms with Gasteiger partial charge in [0.1, 0.15) is 18.1 Å². The molecular weight excluding hydrogens is 415 g/mol. The van der Waals surface area contributed by atoms with E-state index in [9.17, 15) is 4.79 Å². The standard InChI is InChI=1S/C26H24Cl2O2/c1-18(19(2)29)14-21-7-11-26(12-8-21)30-13-3-4-20-5-9-22(10-6-20)23-15-24(27)17-25(28)16-23/h3-12,15-18H,13-14H2,1-2H3/b4-3+. The van der Waals surface area contributed by atoms with Gasteiger partial charge in [-0.05, 0) is 72.0 Å². The van der Waals surface area contributed by atoms with Crippen LogP contribution in [0.2, 0.25) is 10.0 Å². The third-order valence-electron chi connectivity index (χ3n) is 4.92. The highest BCUT2D eigenvalue weighted by molar-refractivity contribution is 6.35. The lowest BCUT2D eigenvalue weighted by atomic mass is 9.98. The lowest BCUT2D eigenvalue weighted by molar-refractivity contribution is -0.120. The van der Waals surface area contributed by atoms with Gasteiger partial charge < -0.3 is 4.74 Å². The number of ketones is 1. The lowest BCUT2D eigenvalue weighted by Crippen LogP contribution is -2.09. The Labute approximate surface area is 188 Å². The molecule has 3 rings (SSSR count). The summed E-state index contributed by atoms with van der Waals surface area (Å²) in [6.07, 6.45) is 4.77. The minimum Gasteiger partial charge on any atom is -0.490 e. The Bertz CT molecular complexity index is 1000. The second kappa shape index (κ2) is 10.5. The van der Waals surface area contributed by atoms with Gasteiger partial charge in [0, 0.05) is 16.0 Å². The van der Waals surface area contributed by atoms with Crippen LogP contribution in [-0.2, 0) is 11.2 Å². The summed E-state index contributed by atoms with van der Waals surface area (Å²) in [7, 11) is 0. The molecule has 0 aliphatic rings. The molecule has 3 aromatic rings. The number of ether oxygens (including phenoxy) is 1. The van der Waals surface area contributed by atoms with Crippen LogP contribution >= 0.6 is 23.2 Å². The molecule has 0 amide bonds. The number of benzene rings is 3. The van der Waals surface area contributed by atoms with Crippen molar-refractivity contribution in [3.8, 4) is 16.9 Å². The number of carbonyl (C=O) groups is 1. The molecule has 0 aromatic heterocycles. The van der Waals surface area contributed by atoms with E-state index >= 15 is 0 Å². The van der Waals surface area contributed by atoms with Crippen LogP contribution in [0.5, 0.6) is 5.75 Å². The van der Waals surface area contributed by atoms with Crippen molar-refractivity contribution in [3.63, 3.8) is 0 Å². The average molecular weight is 439 g/mol. The summed E-state index contributed by atoms with van der Waals surface area (Å²) in [4.78, 5) is 11.4. The van der Waals surface area contributed by atoms with E-state index < -0.39 is 0 Å². The summed E-state index contributed by atoms with van der Waals surface area (Å²) in [6.45, 7) is 4.07. The minimum absolute atomic E-state index is 0.0435. The molecular formula is C26H24Cl2O2. The van der Waals surface area contributed by atoms with Gasteiger partial charge in [-0.1, -0.05) is 72.6 Å². The highest BCUT2D eigenvalue weighted by atomic mass is 35.5. The van der Waals surface area contributed by atoms with Crippen LogP contribution < -0.4 is 4.74 Å². The highest BCUT2D eigenvalue weighted by Gasteiger charge is 2.08. The second-order valence-electron chi connectivity index (χ2n) is 7.35. The number of rotatable bonds is 8. The molecule has 4 heteroatoms. The first kappa shape index (κ1) is 22.1. The van der Waals surface area contributed by atoms with Crippen LogP contribution in [0, 0.1) is 5.92 Å². The van der Waals surface area contributed by atoms with Gasteiger partial charge in [0.25, 0.3) is 0 Å². The fourth-order valence-corrected chi connectivity index (χ4v) is 3.58. The number of hydrogen-bond donors (Lipinski definition) is 0. The van der Waals surface area contributed by atoms with Gasteiger partial charge in [-0.15, -0.1) is 0 Å². The largest absolute Gasteiger partial charge is 0.490 e. The molecule has 0 saturated heterocycles. The molecule has 0 aliphatic carbocycles. The zero-order valence-electron chi connectivity index (χ0n) is 17.1. The van der Waals surface area contributed by atoms with Crippen molar-refractivity contribution in [1.82, 2.24) is 0 Å². The molecule has 0 bridgehead atoms. The van der Waals surface area contributed by atoms with E-state index in [2.05, 4.69) is 0 Å². The third-order valence-corrected chi connectivity index (χ3v) is 5.36. The molecule has 0 N–H and O–H groups in total. The Hall–Kier alpha value is -2.55. The van der Waals surface area contributed by atoms with Gasteiger partial charge in [0.2, 0.25) is 0 Å². The maximum absolute atomic E-state index is 11.4. The summed E-state index contributed by atoms with van der Waals surface area (Å²) < 4.78 is 5.77. The molecule has 0 spiro atoms. The summed E-state index contributed by atoms with van der Waals surface area (Å²) >= 11 is 12.2. The first-order chi connectivity index (χ1) is 14.4. The molecule has 0 heterocycles. The topological polar surface area (TPSA) is 26.3 Å². The van der Waals surface area contributed by atoms with Crippen molar-refractivity contribution >= 4 is 35.1 Å². The van der Waals surface area contributed by atoms with E-state index in [1.807, 2.05) is 79.7 Å². The Morgan fingerprint density at radius 1 is 0.933 bits per heavy atom. The molecule has 154 valence electrons. The van der Waals surface area contributed by atoms with E-state index in [0.29, 0.717) is 16.7 Å². The van der Waals surface area contributed by atoms with Crippen molar-refractivity contribution in [2.24, 2.45) is 5.92 Å². The summed E-state index contributed by atoms with van der Waals surface area (Å²) in [6, 6.07) is 21.6. The van der Waals surface area contributed by atoms with Crippen molar-refractivity contribution in [2.75, 3.05) is 6.61 Å². The highest BCUT2D eigenvalue weighted by Crippen LogP contribution is 2.27. The van der Waals surface area contributed by atoms with Gasteiger partial charge in [-0.25, -0.2) is 0 Å². The summed E-state index contributed by atoms with van der Waals surface area (Å²) in [5.41, 5.74) is 4.28. The van der Waals surface area contributed by atoms with E-state index in [-0.39, 0.29) is 11.7 Å². The van der Waals surface area contributed by atoms with Crippen molar-refractivity contribution in [2.45, 2.75) is 20.3 Å². The zero-order chi connectivity index (χ0) is 21.5. The number of carbonyl (C=O) groups excluding carboxylic acids is 1. The van der Waals surface area contributed by atoms with Crippen LogP contribution in [0.25, 0.3) is 17.2 Å². The predicted octanol–water partition coefficient (Wildman–Crippen LogP) is 7.52. The zero-order valence-corrected chi connectivity index (χ0v) is 18.6. The Kier molecular flexibility index (Phi) is 7.73. The first-order valence-electron chi connectivity index (χ1n) is 9.86. The van der Waals surface area contributed by atoms with Crippen molar-refractivity contribution in [3.05, 3.63) is 94.0 Å². The van der Waals surface area contributed by atoms with E-state index in [0.717, 1.165) is 34.4 Å². The lowest BCUT2D eigenvalue weighted by Gasteiger charge is -2.08. The Morgan fingerprint density at radius 2 is 1.57 bits per heavy atom. The molecule has 0 saturated carbocycles. The minimum atomic E-state index is 0.0435. The van der Waals surface area contributed by atoms with Crippen LogP contribution in [0.1, 0.15) is 25.0 Å². The predicted molar refractivity (Wildman–Crippen MR) is 126 cm³/mol. The number of hydrogen-bond acceptors (Lipinski definition) is 2. The van der Waals surface area contributed by atoms with Crippen LogP contribution in [-0.4, -0.2) is 12.4 Å². The van der Waals surface area contributed by atoms with E-state index in [4.69, 9.17) is 27.9 Å². The maximum atomic E-state index is 11.4. The van der Waals surface area contributed by atoms with Gasteiger partial charge >= 0.3 is 0 Å². The Balaban J connectivity index is 1.52. The second-order valence-corrected chi connectivity index (χ2v) is 8.23. The fourth-order valence-electron chi connectivity index (χ4n) is 3.05. The van der Waals surface area contributed by atoms with Crippen LogP contribution in [0.3, 0.4) is 0 Å². The van der Waals surface area contributed by atoms with Gasteiger partial charge in [-0.3, -0.25) is 4.79 Å². The molecule has 2 nitrogen and oxygen atoms in total. The fraction of sp³-hybridized carbons (Fsp3) is 0.192. The molecule has 0 aliphatic heterocycles. The Morgan fingerprint density at radius 3 is 2.17 bits per heavy atom. The summed E-state index contributed by atoms with van der Waals surface area (Å²) in [5.74, 6) is 1.07. The van der Waals surface area contributed by atoms with Crippen LogP contribution in [0.4, 0.5) is 0 Å². The molecule has 3 aromatic carbocycles. The smallest absolute Gasteiger partial charge is 0.132 e. The monoisotopic (exact) mass is 438 g/mol. The van der Waals surface area contributed by atoms with Crippen molar-refractivity contribution in [1.29, 1.82) is 0 Å². The summed E-state index contributed by atoms with van der Waals surface area (Å²) in [5, 5.41) is 1.25. The SMILES string of the molecule is CC(=O)C(C)Cc1ccc(OC/C=C/c2ccc(-c3cc(Cl)cc(Cl)c3)cc2)cc1. The molecule has 1 unspecified atom stereocenters. The third kappa shape index (κ3) is 6.48. The molecule has 0 radical (unpaired) electrons. The average Bonchev–Trinajstić information content (AvgIpc) is 2.72. The normalized spacial score (nSPS) is 12.1. The molecule has 1 atom stereocenters. The quantitative estimate of drug-likeness (QED) is 0.363. The van der Waals surface area contributed by atoms with Gasteiger partial charge in [-0.2, -0.15) is 0 Å². The van der Waals surface area contributed by atoms with Gasteiger partial charge in [0.15, 0.2) is 0 Å². The van der Waals surface area contributed by atoms with E-state index in [1.165, 1.54) is 0 Å². The van der Waals surface area contributed by atoms with E-state index in [1.54, 1.807) is 13.0 Å². The first-order valence-corrected chi connectivity index (χ1v) is 10.6. The molecule has 30 heavy (non-hydrogen) atoms. The van der Waals surface area contributed by atoms with Crippen LogP contribution in [0.15, 0.2) is 72.8 Å². The van der Waals surface area contributed by atoms with Gasteiger partial charge in [0.05, 0.1) is 0 Å². The van der Waals surface area contributed by atoms with Crippen molar-refractivity contribution < 1.29 is 9.53 Å².